The van der Waals surface area contributed by atoms with Crippen LogP contribution in [0.4, 0.5) is 0 Å². The Morgan fingerprint density at radius 3 is 2.75 bits per heavy atom. The van der Waals surface area contributed by atoms with E-state index in [4.69, 9.17) is 20.1 Å². The summed E-state index contributed by atoms with van der Waals surface area (Å²) in [5, 5.41) is 12.4. The molecule has 110 valence electrons. The predicted molar refractivity (Wildman–Crippen MR) is 81.1 cm³/mol. The predicted octanol–water partition coefficient (Wildman–Crippen LogP) is 3.49. The lowest BCUT2D eigenvalue weighted by atomic mass is 10.1. The number of nitrogens with two attached hydrogens (primary N) is 1. The zero-order valence-electron chi connectivity index (χ0n) is 11.5. The molecular formula is C14H19ClN2O3. The van der Waals surface area contributed by atoms with Crippen LogP contribution in [0.15, 0.2) is 33.8 Å². The Morgan fingerprint density at radius 2 is 2.10 bits per heavy atom. The SMILES string of the molecule is CC(C)c1oc2ccccc2c1OCCC(N)=NO.Cl. The van der Waals surface area contributed by atoms with Crippen LogP contribution >= 0.6 is 12.4 Å². The Balaban J connectivity index is 0.00000200. The molecule has 0 aliphatic rings. The van der Waals surface area contributed by atoms with Crippen LogP contribution < -0.4 is 10.5 Å². The van der Waals surface area contributed by atoms with Gasteiger partial charge in [-0.05, 0) is 12.1 Å². The van der Waals surface area contributed by atoms with E-state index in [1.807, 2.05) is 38.1 Å². The van der Waals surface area contributed by atoms with Gasteiger partial charge in [0.2, 0.25) is 0 Å². The van der Waals surface area contributed by atoms with E-state index in [-0.39, 0.29) is 24.2 Å². The van der Waals surface area contributed by atoms with Crippen molar-refractivity contribution in [3.8, 4) is 5.75 Å². The van der Waals surface area contributed by atoms with E-state index in [1.165, 1.54) is 0 Å². The standard InChI is InChI=1S/C14H18N2O3.ClH/c1-9(2)13-14(18-8-7-12(15)16-17)10-5-3-4-6-11(10)19-13;/h3-6,9,17H,7-8H2,1-2H3,(H2,15,16);1H. The second-order valence-electron chi connectivity index (χ2n) is 4.64. The molecule has 0 unspecified atom stereocenters. The summed E-state index contributed by atoms with van der Waals surface area (Å²) >= 11 is 0. The number of ether oxygens (including phenoxy) is 1. The summed E-state index contributed by atoms with van der Waals surface area (Å²) in [6.07, 6.45) is 0.369. The van der Waals surface area contributed by atoms with Gasteiger partial charge >= 0.3 is 0 Å². The average molecular weight is 299 g/mol. The fourth-order valence-electron chi connectivity index (χ4n) is 1.88. The maximum atomic E-state index is 8.50. The number of oxime groups is 1. The molecule has 0 saturated heterocycles. The van der Waals surface area contributed by atoms with Gasteiger partial charge in [-0.3, -0.25) is 0 Å². The maximum absolute atomic E-state index is 8.50. The van der Waals surface area contributed by atoms with Gasteiger partial charge < -0.3 is 20.1 Å². The van der Waals surface area contributed by atoms with Gasteiger partial charge in [0, 0.05) is 12.3 Å². The van der Waals surface area contributed by atoms with Crippen LogP contribution in [-0.2, 0) is 0 Å². The third kappa shape index (κ3) is 3.36. The largest absolute Gasteiger partial charge is 0.489 e. The summed E-state index contributed by atoms with van der Waals surface area (Å²) < 4.78 is 11.6. The highest BCUT2D eigenvalue weighted by Crippen LogP contribution is 2.37. The van der Waals surface area contributed by atoms with Gasteiger partial charge in [-0.2, -0.15) is 0 Å². The Hall–Kier alpha value is -1.88. The molecule has 2 rings (SSSR count). The summed E-state index contributed by atoms with van der Waals surface area (Å²) in [5.74, 6) is 1.95. The fraction of sp³-hybridized carbons (Fsp3) is 0.357. The van der Waals surface area contributed by atoms with Crippen molar-refractivity contribution < 1.29 is 14.4 Å². The fourth-order valence-corrected chi connectivity index (χ4v) is 1.88. The van der Waals surface area contributed by atoms with Crippen molar-refractivity contribution in [1.29, 1.82) is 0 Å². The molecule has 1 aromatic heterocycles. The Bertz CT molecular complexity index is 593. The Labute approximate surface area is 123 Å². The highest BCUT2D eigenvalue weighted by molar-refractivity contribution is 5.86. The molecule has 0 amide bonds. The number of hydrogen-bond acceptors (Lipinski definition) is 4. The molecule has 0 spiro atoms. The zero-order valence-corrected chi connectivity index (χ0v) is 12.3. The van der Waals surface area contributed by atoms with Crippen molar-refractivity contribution in [2.45, 2.75) is 26.2 Å². The molecule has 20 heavy (non-hydrogen) atoms. The molecule has 0 atom stereocenters. The van der Waals surface area contributed by atoms with E-state index in [0.29, 0.717) is 13.0 Å². The van der Waals surface area contributed by atoms with E-state index in [1.54, 1.807) is 0 Å². The first-order chi connectivity index (χ1) is 9.13. The van der Waals surface area contributed by atoms with Crippen LogP contribution in [0.1, 0.15) is 31.9 Å². The number of amidine groups is 1. The van der Waals surface area contributed by atoms with E-state index in [2.05, 4.69) is 5.16 Å². The molecule has 1 aromatic carbocycles. The topological polar surface area (TPSA) is 81.0 Å². The van der Waals surface area contributed by atoms with E-state index in [9.17, 15) is 0 Å². The first kappa shape index (κ1) is 16.2. The van der Waals surface area contributed by atoms with Crippen molar-refractivity contribution in [2.24, 2.45) is 10.9 Å². The molecule has 0 aliphatic carbocycles. The van der Waals surface area contributed by atoms with Gasteiger partial charge in [0.1, 0.15) is 17.2 Å². The quantitative estimate of drug-likeness (QED) is 0.383. The van der Waals surface area contributed by atoms with Gasteiger partial charge in [-0.25, -0.2) is 0 Å². The second kappa shape index (κ2) is 7.05. The Kier molecular flexibility index (Phi) is 5.70. The second-order valence-corrected chi connectivity index (χ2v) is 4.64. The third-order valence-electron chi connectivity index (χ3n) is 2.83. The highest BCUT2D eigenvalue weighted by atomic mass is 35.5. The minimum atomic E-state index is 0. The molecule has 6 heteroatoms. The van der Waals surface area contributed by atoms with Gasteiger partial charge in [-0.1, -0.05) is 31.1 Å². The summed E-state index contributed by atoms with van der Waals surface area (Å²) in [6.45, 7) is 4.45. The molecule has 0 radical (unpaired) electrons. The number of fused-ring (bicyclic) bond motifs is 1. The first-order valence-corrected chi connectivity index (χ1v) is 6.24. The van der Waals surface area contributed by atoms with Gasteiger partial charge in [0.15, 0.2) is 5.75 Å². The highest BCUT2D eigenvalue weighted by Gasteiger charge is 2.17. The molecule has 1 heterocycles. The van der Waals surface area contributed by atoms with Crippen molar-refractivity contribution in [3.63, 3.8) is 0 Å². The summed E-state index contributed by atoms with van der Waals surface area (Å²) in [5.41, 5.74) is 6.23. The maximum Gasteiger partial charge on any atom is 0.168 e. The number of furan rings is 1. The van der Waals surface area contributed by atoms with Gasteiger partial charge in [0.05, 0.1) is 12.0 Å². The van der Waals surface area contributed by atoms with Crippen molar-refractivity contribution in [1.82, 2.24) is 0 Å². The van der Waals surface area contributed by atoms with E-state index in [0.717, 1.165) is 22.5 Å². The third-order valence-corrected chi connectivity index (χ3v) is 2.83. The lowest BCUT2D eigenvalue weighted by molar-refractivity contribution is 0.301. The Morgan fingerprint density at radius 1 is 1.40 bits per heavy atom. The summed E-state index contributed by atoms with van der Waals surface area (Å²) in [6, 6.07) is 7.75. The molecule has 0 aliphatic heterocycles. The normalized spacial score (nSPS) is 11.7. The van der Waals surface area contributed by atoms with Crippen molar-refractivity contribution in [2.75, 3.05) is 6.61 Å². The number of rotatable bonds is 5. The smallest absolute Gasteiger partial charge is 0.168 e. The number of halogens is 1. The van der Waals surface area contributed by atoms with Crippen molar-refractivity contribution >= 4 is 29.2 Å². The molecular weight excluding hydrogens is 280 g/mol. The van der Waals surface area contributed by atoms with Crippen LogP contribution in [0.3, 0.4) is 0 Å². The molecule has 2 aromatic rings. The molecule has 0 saturated carbocycles. The minimum absolute atomic E-state index is 0. The van der Waals surface area contributed by atoms with Gasteiger partial charge in [0.25, 0.3) is 0 Å². The minimum Gasteiger partial charge on any atom is -0.489 e. The lowest BCUT2D eigenvalue weighted by Gasteiger charge is -2.08. The summed E-state index contributed by atoms with van der Waals surface area (Å²) in [4.78, 5) is 0. The molecule has 0 bridgehead atoms. The summed E-state index contributed by atoms with van der Waals surface area (Å²) in [7, 11) is 0. The van der Waals surface area contributed by atoms with Crippen LogP contribution in [0, 0.1) is 0 Å². The van der Waals surface area contributed by atoms with Gasteiger partial charge in [-0.15, -0.1) is 12.4 Å². The number of hydrogen-bond donors (Lipinski definition) is 2. The monoisotopic (exact) mass is 298 g/mol. The number of para-hydroxylation sites is 1. The molecule has 5 nitrogen and oxygen atoms in total. The average Bonchev–Trinajstić information content (AvgIpc) is 2.78. The first-order valence-electron chi connectivity index (χ1n) is 6.24. The lowest BCUT2D eigenvalue weighted by Crippen LogP contribution is -2.15. The number of nitrogens with zero attached hydrogens (tertiary/aromatic N) is 1. The van der Waals surface area contributed by atoms with Crippen LogP contribution in [0.5, 0.6) is 5.75 Å². The van der Waals surface area contributed by atoms with E-state index < -0.39 is 0 Å². The zero-order chi connectivity index (χ0) is 13.8. The van der Waals surface area contributed by atoms with Crippen LogP contribution in [0.25, 0.3) is 11.0 Å². The molecule has 0 fully saturated rings. The van der Waals surface area contributed by atoms with Crippen LogP contribution in [0.2, 0.25) is 0 Å². The number of benzene rings is 1. The van der Waals surface area contributed by atoms with Crippen LogP contribution in [-0.4, -0.2) is 17.6 Å². The molecule has 3 N–H and O–H groups in total. The van der Waals surface area contributed by atoms with E-state index >= 15 is 0 Å². The van der Waals surface area contributed by atoms with Crippen molar-refractivity contribution in [3.05, 3.63) is 30.0 Å².